The van der Waals surface area contributed by atoms with Crippen LogP contribution in [-0.4, -0.2) is 35.0 Å². The van der Waals surface area contributed by atoms with Crippen LogP contribution in [0.15, 0.2) is 18.2 Å². The van der Waals surface area contributed by atoms with Crippen molar-refractivity contribution in [2.75, 3.05) is 23.4 Å². The molecule has 118 valence electrons. The predicted molar refractivity (Wildman–Crippen MR) is 96.1 cm³/mol. The second kappa shape index (κ2) is 6.98. The van der Waals surface area contributed by atoms with Crippen LogP contribution in [0.3, 0.4) is 0 Å². The summed E-state index contributed by atoms with van der Waals surface area (Å²) < 4.78 is 1.13. The van der Waals surface area contributed by atoms with Crippen LogP contribution in [0, 0.1) is 0 Å². The Morgan fingerprint density at radius 3 is 3.09 bits per heavy atom. The Labute approximate surface area is 139 Å². The van der Waals surface area contributed by atoms with Gasteiger partial charge >= 0.3 is 0 Å². The number of hydrogen-bond donors (Lipinski definition) is 2. The van der Waals surface area contributed by atoms with E-state index >= 15 is 0 Å². The summed E-state index contributed by atoms with van der Waals surface area (Å²) in [7, 11) is 0. The van der Waals surface area contributed by atoms with Gasteiger partial charge in [0.2, 0.25) is 5.91 Å². The summed E-state index contributed by atoms with van der Waals surface area (Å²) in [5.74, 6) is 2.66. The molecular weight excluding hydrogens is 314 g/mol. The molecule has 3 rings (SSSR count). The van der Waals surface area contributed by atoms with Crippen molar-refractivity contribution in [1.29, 1.82) is 0 Å². The molecule has 2 aromatic rings. The summed E-state index contributed by atoms with van der Waals surface area (Å²) in [4.78, 5) is 16.8. The Hall–Kier alpha value is -1.11. The standard InChI is InChI=1S/C16H21N3OS2/c1-10(2)16-19-13-4-3-11(7-14(13)22-16)18-15(20)8-12-9-21-6-5-17-12/h3-4,7,10,12,17H,5-6,8-9H2,1-2H3,(H,18,20). The van der Waals surface area contributed by atoms with Gasteiger partial charge in [0.15, 0.2) is 0 Å². The largest absolute Gasteiger partial charge is 0.326 e. The lowest BCUT2D eigenvalue weighted by Gasteiger charge is -2.22. The molecule has 1 aromatic heterocycles. The molecule has 1 atom stereocenters. The van der Waals surface area contributed by atoms with Gasteiger partial charge in [0.25, 0.3) is 0 Å². The second-order valence-electron chi connectivity index (χ2n) is 5.87. The van der Waals surface area contributed by atoms with Crippen LogP contribution in [0.5, 0.6) is 0 Å². The normalized spacial score (nSPS) is 18.8. The molecule has 2 heterocycles. The molecule has 2 N–H and O–H groups in total. The zero-order valence-corrected chi connectivity index (χ0v) is 14.5. The van der Waals surface area contributed by atoms with E-state index < -0.39 is 0 Å². The van der Waals surface area contributed by atoms with Gasteiger partial charge in [-0.3, -0.25) is 4.79 Å². The van der Waals surface area contributed by atoms with Gasteiger partial charge in [-0.25, -0.2) is 4.98 Å². The van der Waals surface area contributed by atoms with E-state index in [0.717, 1.165) is 39.0 Å². The average molecular weight is 335 g/mol. The van der Waals surface area contributed by atoms with Crippen LogP contribution in [-0.2, 0) is 4.79 Å². The van der Waals surface area contributed by atoms with Crippen LogP contribution in [0.2, 0.25) is 0 Å². The summed E-state index contributed by atoms with van der Waals surface area (Å²) >= 11 is 3.61. The lowest BCUT2D eigenvalue weighted by molar-refractivity contribution is -0.116. The van der Waals surface area contributed by atoms with E-state index in [2.05, 4.69) is 29.5 Å². The quantitative estimate of drug-likeness (QED) is 0.898. The molecule has 22 heavy (non-hydrogen) atoms. The number of nitrogens with one attached hydrogen (secondary N) is 2. The highest BCUT2D eigenvalue weighted by atomic mass is 32.2. The van der Waals surface area contributed by atoms with Crippen LogP contribution < -0.4 is 10.6 Å². The van der Waals surface area contributed by atoms with E-state index in [0.29, 0.717) is 18.4 Å². The van der Waals surface area contributed by atoms with Gasteiger partial charge in [-0.15, -0.1) is 11.3 Å². The fourth-order valence-electron chi connectivity index (χ4n) is 2.45. The molecule has 0 spiro atoms. The maximum absolute atomic E-state index is 12.2. The number of hydrogen-bond acceptors (Lipinski definition) is 5. The summed E-state index contributed by atoms with van der Waals surface area (Å²) in [6, 6.07) is 6.24. The van der Waals surface area contributed by atoms with Gasteiger partial charge in [-0.05, 0) is 18.2 Å². The number of thiazole rings is 1. The molecule has 1 aromatic carbocycles. The number of carbonyl (C=O) groups is 1. The van der Waals surface area contributed by atoms with E-state index in [4.69, 9.17) is 0 Å². The van der Waals surface area contributed by atoms with Gasteiger partial charge in [0.05, 0.1) is 15.2 Å². The van der Waals surface area contributed by atoms with Crippen molar-refractivity contribution in [1.82, 2.24) is 10.3 Å². The fraction of sp³-hybridized carbons (Fsp3) is 0.500. The van der Waals surface area contributed by atoms with Gasteiger partial charge < -0.3 is 10.6 Å². The smallest absolute Gasteiger partial charge is 0.225 e. The Morgan fingerprint density at radius 1 is 1.50 bits per heavy atom. The summed E-state index contributed by atoms with van der Waals surface area (Å²) in [6.45, 7) is 5.29. The summed E-state index contributed by atoms with van der Waals surface area (Å²) in [5, 5.41) is 7.54. The molecule has 6 heteroatoms. The lowest BCUT2D eigenvalue weighted by Crippen LogP contribution is -2.39. The van der Waals surface area contributed by atoms with Crippen molar-refractivity contribution in [2.45, 2.75) is 32.2 Å². The van der Waals surface area contributed by atoms with Crippen LogP contribution >= 0.6 is 23.1 Å². The highest BCUT2D eigenvalue weighted by Crippen LogP contribution is 2.29. The van der Waals surface area contributed by atoms with Crippen molar-refractivity contribution < 1.29 is 4.79 Å². The molecule has 0 bridgehead atoms. The molecule has 4 nitrogen and oxygen atoms in total. The van der Waals surface area contributed by atoms with Crippen LogP contribution in [0.25, 0.3) is 10.2 Å². The molecule has 1 unspecified atom stereocenters. The first-order valence-electron chi connectivity index (χ1n) is 7.63. The van der Waals surface area contributed by atoms with Crippen molar-refractivity contribution in [3.05, 3.63) is 23.2 Å². The zero-order chi connectivity index (χ0) is 15.5. The van der Waals surface area contributed by atoms with E-state index in [1.807, 2.05) is 30.0 Å². The number of anilines is 1. The van der Waals surface area contributed by atoms with Crippen molar-refractivity contribution in [3.8, 4) is 0 Å². The van der Waals surface area contributed by atoms with Gasteiger partial charge in [-0.1, -0.05) is 13.8 Å². The van der Waals surface area contributed by atoms with E-state index in [-0.39, 0.29) is 5.91 Å². The SMILES string of the molecule is CC(C)c1nc2ccc(NC(=O)CC3CSCCN3)cc2s1. The minimum absolute atomic E-state index is 0.0768. The van der Waals surface area contributed by atoms with Crippen LogP contribution in [0.1, 0.15) is 31.2 Å². The van der Waals surface area contributed by atoms with Crippen molar-refractivity contribution in [3.63, 3.8) is 0 Å². The number of nitrogens with zero attached hydrogens (tertiary/aromatic N) is 1. The number of amides is 1. The minimum atomic E-state index is 0.0768. The summed E-state index contributed by atoms with van der Waals surface area (Å²) in [5.41, 5.74) is 1.87. The number of fused-ring (bicyclic) bond motifs is 1. The molecule has 1 fully saturated rings. The maximum Gasteiger partial charge on any atom is 0.225 e. The molecule has 0 radical (unpaired) electrons. The van der Waals surface area contributed by atoms with E-state index in [1.165, 1.54) is 0 Å². The maximum atomic E-state index is 12.2. The number of aromatic nitrogens is 1. The first kappa shape index (κ1) is 15.8. The first-order valence-corrected chi connectivity index (χ1v) is 9.60. The third-order valence-corrected chi connectivity index (χ3v) is 6.06. The molecule has 1 aliphatic rings. The van der Waals surface area contributed by atoms with Gasteiger partial charge in [0, 0.05) is 42.1 Å². The van der Waals surface area contributed by atoms with E-state index in [9.17, 15) is 4.79 Å². The Bertz CT molecular complexity index is 662. The number of rotatable bonds is 4. The topological polar surface area (TPSA) is 54.0 Å². The van der Waals surface area contributed by atoms with Gasteiger partial charge in [-0.2, -0.15) is 11.8 Å². The number of benzene rings is 1. The fourth-order valence-corrected chi connectivity index (χ4v) is 4.41. The Morgan fingerprint density at radius 2 is 2.36 bits per heavy atom. The Balaban J connectivity index is 1.66. The number of thioether (sulfide) groups is 1. The highest BCUT2D eigenvalue weighted by molar-refractivity contribution is 7.99. The van der Waals surface area contributed by atoms with Crippen LogP contribution in [0.4, 0.5) is 5.69 Å². The molecule has 1 amide bonds. The molecule has 1 saturated heterocycles. The third kappa shape index (κ3) is 3.80. The monoisotopic (exact) mass is 335 g/mol. The minimum Gasteiger partial charge on any atom is -0.326 e. The molecular formula is C16H21N3OS2. The third-order valence-electron chi connectivity index (χ3n) is 3.61. The first-order chi connectivity index (χ1) is 10.6. The second-order valence-corrected chi connectivity index (χ2v) is 8.08. The van der Waals surface area contributed by atoms with Gasteiger partial charge in [0.1, 0.15) is 0 Å². The molecule has 1 aliphatic heterocycles. The average Bonchev–Trinajstić information content (AvgIpc) is 2.91. The van der Waals surface area contributed by atoms with Crippen molar-refractivity contribution >= 4 is 44.9 Å². The zero-order valence-electron chi connectivity index (χ0n) is 12.9. The van der Waals surface area contributed by atoms with Crippen molar-refractivity contribution in [2.24, 2.45) is 0 Å². The molecule has 0 aliphatic carbocycles. The van der Waals surface area contributed by atoms with E-state index in [1.54, 1.807) is 11.3 Å². The summed E-state index contributed by atoms with van der Waals surface area (Å²) in [6.07, 6.45) is 0.533. The molecule has 0 saturated carbocycles. The predicted octanol–water partition coefficient (Wildman–Crippen LogP) is 3.45. The Kier molecular flexibility index (Phi) is 5.00. The highest BCUT2D eigenvalue weighted by Gasteiger charge is 2.17. The lowest BCUT2D eigenvalue weighted by atomic mass is 10.2. The number of carbonyl (C=O) groups excluding carboxylic acids is 1.